The van der Waals surface area contributed by atoms with Crippen LogP contribution in [0.15, 0.2) is 29.8 Å². The number of allylic oxidation sites excluding steroid dienone is 2. The topological polar surface area (TPSA) is 0 Å². The van der Waals surface area contributed by atoms with Crippen LogP contribution in [0.1, 0.15) is 50.5 Å². The molecule has 0 saturated heterocycles. The lowest BCUT2D eigenvalue weighted by Gasteiger charge is -2.29. The van der Waals surface area contributed by atoms with Gasteiger partial charge in [-0.2, -0.15) is 0 Å². The second kappa shape index (κ2) is 3.73. The first kappa shape index (κ1) is 11.7. The summed E-state index contributed by atoms with van der Waals surface area (Å²) in [5.74, 6) is 0.853. The molecule has 1 heteroatoms. The molecule has 1 atom stereocenters. The van der Waals surface area contributed by atoms with Gasteiger partial charge < -0.3 is 0 Å². The predicted octanol–water partition coefficient (Wildman–Crippen LogP) is 5.77. The highest BCUT2D eigenvalue weighted by atomic mass is 32.1. The summed E-state index contributed by atoms with van der Waals surface area (Å²) in [4.78, 5) is 1.60. The van der Waals surface area contributed by atoms with Gasteiger partial charge >= 0.3 is 0 Å². The molecule has 2 aliphatic rings. The van der Waals surface area contributed by atoms with E-state index in [1.54, 1.807) is 21.6 Å². The smallest absolute Gasteiger partial charge is 0.0355 e. The van der Waals surface area contributed by atoms with Gasteiger partial charge in [-0.05, 0) is 47.8 Å². The van der Waals surface area contributed by atoms with E-state index in [1.807, 2.05) is 11.3 Å². The lowest BCUT2D eigenvalue weighted by molar-refractivity contribution is 0.490. The van der Waals surface area contributed by atoms with Crippen molar-refractivity contribution >= 4 is 27.0 Å². The molecule has 0 bridgehead atoms. The number of thiophene rings is 1. The maximum atomic E-state index is 2.43. The van der Waals surface area contributed by atoms with Crippen LogP contribution in [0.25, 0.3) is 15.7 Å². The van der Waals surface area contributed by atoms with Gasteiger partial charge in [0.25, 0.3) is 0 Å². The van der Waals surface area contributed by atoms with Gasteiger partial charge in [0.2, 0.25) is 0 Å². The van der Waals surface area contributed by atoms with E-state index in [1.165, 1.54) is 29.3 Å². The minimum atomic E-state index is 0.254. The van der Waals surface area contributed by atoms with E-state index in [0.717, 1.165) is 5.92 Å². The molecule has 19 heavy (non-hydrogen) atoms. The van der Waals surface area contributed by atoms with Crippen LogP contribution in [0.3, 0.4) is 0 Å². The molecular weight excluding hydrogens is 248 g/mol. The van der Waals surface area contributed by atoms with Crippen molar-refractivity contribution in [2.45, 2.75) is 45.4 Å². The summed E-state index contributed by atoms with van der Waals surface area (Å²) in [5, 5.41) is 1.49. The Hall–Kier alpha value is -1.08. The van der Waals surface area contributed by atoms with Gasteiger partial charge in [0, 0.05) is 15.0 Å². The third-order valence-electron chi connectivity index (χ3n) is 5.05. The Morgan fingerprint density at radius 2 is 2.00 bits per heavy atom. The molecule has 0 nitrogen and oxygen atoms in total. The summed E-state index contributed by atoms with van der Waals surface area (Å²) in [6.07, 6.45) is 3.97. The molecule has 0 radical (unpaired) electrons. The van der Waals surface area contributed by atoms with Crippen LogP contribution in [0.2, 0.25) is 0 Å². The lowest BCUT2D eigenvalue weighted by atomic mass is 9.75. The quantitative estimate of drug-likeness (QED) is 0.569. The van der Waals surface area contributed by atoms with Crippen LogP contribution in [0, 0.1) is 5.92 Å². The maximum absolute atomic E-state index is 2.43. The Bertz CT molecular complexity index is 700. The van der Waals surface area contributed by atoms with E-state index >= 15 is 0 Å². The van der Waals surface area contributed by atoms with Crippen molar-refractivity contribution in [3.63, 3.8) is 0 Å². The highest BCUT2D eigenvalue weighted by molar-refractivity contribution is 7.20. The zero-order valence-corrected chi connectivity index (χ0v) is 12.7. The fourth-order valence-electron chi connectivity index (χ4n) is 4.06. The second-order valence-electron chi connectivity index (χ2n) is 6.73. The van der Waals surface area contributed by atoms with Gasteiger partial charge in [-0.15, -0.1) is 11.3 Å². The predicted molar refractivity (Wildman–Crippen MR) is 84.8 cm³/mol. The van der Waals surface area contributed by atoms with E-state index < -0.39 is 0 Å². The van der Waals surface area contributed by atoms with Crippen LogP contribution in [0.4, 0.5) is 0 Å². The van der Waals surface area contributed by atoms with Crippen molar-refractivity contribution in [3.05, 3.63) is 40.3 Å². The average Bonchev–Trinajstić information content (AvgIpc) is 2.86. The van der Waals surface area contributed by atoms with E-state index in [9.17, 15) is 0 Å². The second-order valence-corrected chi connectivity index (χ2v) is 7.78. The van der Waals surface area contributed by atoms with Gasteiger partial charge in [0.05, 0.1) is 0 Å². The summed E-state index contributed by atoms with van der Waals surface area (Å²) >= 11 is 2.02. The van der Waals surface area contributed by atoms with Crippen LogP contribution in [-0.4, -0.2) is 0 Å². The van der Waals surface area contributed by atoms with Crippen LogP contribution in [-0.2, 0) is 5.41 Å². The molecule has 4 rings (SSSR count). The number of hydrogen-bond donors (Lipinski definition) is 0. The molecule has 0 aliphatic heterocycles. The van der Waals surface area contributed by atoms with Crippen molar-refractivity contribution in [1.82, 2.24) is 0 Å². The van der Waals surface area contributed by atoms with Crippen molar-refractivity contribution in [1.29, 1.82) is 0 Å². The Morgan fingerprint density at radius 3 is 2.84 bits per heavy atom. The number of rotatable bonds is 0. The number of hydrogen-bond acceptors (Lipinski definition) is 1. The van der Waals surface area contributed by atoms with Crippen molar-refractivity contribution in [2.24, 2.45) is 5.92 Å². The van der Waals surface area contributed by atoms with Gasteiger partial charge in [0.1, 0.15) is 0 Å². The number of fused-ring (bicyclic) bond motifs is 4. The lowest BCUT2D eigenvalue weighted by Crippen LogP contribution is -2.19. The summed E-state index contributed by atoms with van der Waals surface area (Å²) in [6.45, 7) is 7.27. The van der Waals surface area contributed by atoms with Crippen molar-refractivity contribution in [2.75, 3.05) is 0 Å². The van der Waals surface area contributed by atoms with Crippen LogP contribution < -0.4 is 0 Å². The van der Waals surface area contributed by atoms with E-state index in [2.05, 4.69) is 45.0 Å². The first-order valence-corrected chi connectivity index (χ1v) is 8.15. The SMILES string of the molecule is CC1CCC2=C(C1)c1sc3ccccc3c1C2(C)C. The Balaban J connectivity index is 2.04. The molecule has 1 heterocycles. The molecule has 1 unspecified atom stereocenters. The van der Waals surface area contributed by atoms with Crippen LogP contribution >= 0.6 is 11.3 Å². The van der Waals surface area contributed by atoms with Gasteiger partial charge in [-0.1, -0.05) is 44.5 Å². The number of benzene rings is 1. The monoisotopic (exact) mass is 268 g/mol. The van der Waals surface area contributed by atoms with Crippen molar-refractivity contribution < 1.29 is 0 Å². The largest absolute Gasteiger partial charge is 0.135 e. The highest BCUT2D eigenvalue weighted by Gasteiger charge is 2.41. The summed E-state index contributed by atoms with van der Waals surface area (Å²) in [5.41, 5.74) is 5.30. The molecule has 2 aliphatic carbocycles. The zero-order chi connectivity index (χ0) is 13.2. The Kier molecular flexibility index (Phi) is 2.30. The fraction of sp³-hybridized carbons (Fsp3) is 0.444. The van der Waals surface area contributed by atoms with Gasteiger partial charge in [-0.25, -0.2) is 0 Å². The third kappa shape index (κ3) is 1.45. The molecule has 1 aromatic heterocycles. The summed E-state index contributed by atoms with van der Waals surface area (Å²) < 4.78 is 1.46. The van der Waals surface area contributed by atoms with E-state index in [0.29, 0.717) is 0 Å². The normalized spacial score (nSPS) is 24.7. The first-order chi connectivity index (χ1) is 9.09. The first-order valence-electron chi connectivity index (χ1n) is 7.34. The van der Waals surface area contributed by atoms with Crippen molar-refractivity contribution in [3.8, 4) is 0 Å². The molecule has 0 fully saturated rings. The minimum Gasteiger partial charge on any atom is -0.135 e. The Morgan fingerprint density at radius 1 is 1.21 bits per heavy atom. The molecule has 0 amide bonds. The molecule has 0 saturated carbocycles. The molecule has 2 aromatic rings. The molecule has 98 valence electrons. The molecular formula is C18H20S. The van der Waals surface area contributed by atoms with E-state index in [-0.39, 0.29) is 5.41 Å². The van der Waals surface area contributed by atoms with Gasteiger partial charge in [0.15, 0.2) is 0 Å². The maximum Gasteiger partial charge on any atom is 0.0355 e. The Labute approximate surface area is 119 Å². The fourth-order valence-corrected chi connectivity index (χ4v) is 5.51. The molecule has 1 aromatic carbocycles. The van der Waals surface area contributed by atoms with Crippen LogP contribution in [0.5, 0.6) is 0 Å². The summed E-state index contributed by atoms with van der Waals surface area (Å²) in [6, 6.07) is 8.94. The van der Waals surface area contributed by atoms with Gasteiger partial charge in [-0.3, -0.25) is 0 Å². The highest BCUT2D eigenvalue weighted by Crippen LogP contribution is 2.57. The average molecular weight is 268 g/mol. The molecule has 0 N–H and O–H groups in total. The zero-order valence-electron chi connectivity index (χ0n) is 11.9. The standard InChI is InChI=1S/C18H20S/c1-11-8-9-14-13(10-11)17-16(18(14,2)3)12-6-4-5-7-15(12)19-17/h4-7,11H,8-10H2,1-3H3. The third-order valence-corrected chi connectivity index (χ3v) is 6.28. The minimum absolute atomic E-state index is 0.254. The van der Waals surface area contributed by atoms with E-state index in [4.69, 9.17) is 0 Å². The summed E-state index contributed by atoms with van der Waals surface area (Å²) in [7, 11) is 0. The molecule has 0 spiro atoms.